The first-order valence-corrected chi connectivity index (χ1v) is 8.59. The van der Waals surface area contributed by atoms with Crippen LogP contribution < -0.4 is 22.1 Å². The van der Waals surface area contributed by atoms with Gasteiger partial charge in [0.1, 0.15) is 18.1 Å². The van der Waals surface area contributed by atoms with E-state index in [9.17, 15) is 19.2 Å². The number of rotatable bonds is 12. The van der Waals surface area contributed by atoms with Crippen molar-refractivity contribution in [2.45, 2.75) is 37.4 Å². The average Bonchev–Trinajstić information content (AvgIpc) is 2.53. The molecule has 0 unspecified atom stereocenters. The molecule has 0 aliphatic heterocycles. The number of primary amides is 1. The van der Waals surface area contributed by atoms with Gasteiger partial charge < -0.3 is 32.3 Å². The number of carbonyl (C=O) groups is 4. The normalized spacial score (nSPS) is 14.3. The summed E-state index contributed by atoms with van der Waals surface area (Å²) in [4.78, 5) is 46.0. The minimum atomic E-state index is -1.24. The van der Waals surface area contributed by atoms with E-state index >= 15 is 0 Å². The first kappa shape index (κ1) is 22.1. The number of thioether (sulfide) groups is 1. The van der Waals surface area contributed by atoms with E-state index < -0.39 is 48.4 Å². The Hall–Kier alpha value is -1.85. The Kier molecular flexibility index (Phi) is 10.8. The highest BCUT2D eigenvalue weighted by molar-refractivity contribution is 7.98. The molecule has 0 bridgehead atoms. The largest absolute Gasteiger partial charge is 0.480 e. The molecule has 0 aromatic carbocycles. The number of aliphatic hydroxyl groups excluding tert-OH is 1. The first-order chi connectivity index (χ1) is 11.2. The van der Waals surface area contributed by atoms with Crippen molar-refractivity contribution in [1.29, 1.82) is 0 Å². The van der Waals surface area contributed by atoms with Crippen molar-refractivity contribution < 1.29 is 29.4 Å². The number of amides is 3. The van der Waals surface area contributed by atoms with Crippen molar-refractivity contribution in [2.24, 2.45) is 11.5 Å². The van der Waals surface area contributed by atoms with Gasteiger partial charge in [0.25, 0.3) is 0 Å². The lowest BCUT2D eigenvalue weighted by atomic mass is 10.1. The summed E-state index contributed by atoms with van der Waals surface area (Å²) in [6, 6.07) is -3.54. The Bertz CT molecular complexity index is 462. The third kappa shape index (κ3) is 8.70. The minimum absolute atomic E-state index is 0.111. The zero-order chi connectivity index (χ0) is 18.7. The zero-order valence-electron chi connectivity index (χ0n) is 13.4. The molecule has 0 saturated heterocycles. The van der Waals surface area contributed by atoms with E-state index in [0.717, 1.165) is 0 Å². The summed E-state index contributed by atoms with van der Waals surface area (Å²) in [5, 5.41) is 22.6. The van der Waals surface area contributed by atoms with Crippen molar-refractivity contribution in [3.8, 4) is 0 Å². The van der Waals surface area contributed by atoms with Crippen molar-refractivity contribution in [2.75, 3.05) is 18.6 Å². The summed E-state index contributed by atoms with van der Waals surface area (Å²) in [5.74, 6) is -2.92. The molecule has 0 spiro atoms. The van der Waals surface area contributed by atoms with Gasteiger partial charge in [0, 0.05) is 6.42 Å². The molecule has 0 saturated carbocycles. The van der Waals surface area contributed by atoms with Gasteiger partial charge in [-0.2, -0.15) is 11.8 Å². The van der Waals surface area contributed by atoms with Crippen LogP contribution in [-0.4, -0.2) is 70.6 Å². The maximum absolute atomic E-state index is 12.2. The monoisotopic (exact) mass is 364 g/mol. The Labute approximate surface area is 143 Å². The predicted octanol–water partition coefficient (Wildman–Crippen LogP) is -2.62. The Balaban J connectivity index is 4.95. The van der Waals surface area contributed by atoms with E-state index in [-0.39, 0.29) is 19.3 Å². The SMILES string of the molecule is CSCC[C@H](NC(=O)[C@H](CCC(N)=O)NC(=O)[C@@H](N)CO)C(=O)O. The second kappa shape index (κ2) is 11.6. The number of carboxylic acid groups (broad SMARTS) is 1. The molecule has 138 valence electrons. The van der Waals surface area contributed by atoms with Crippen LogP contribution in [0.15, 0.2) is 0 Å². The predicted molar refractivity (Wildman–Crippen MR) is 88.0 cm³/mol. The zero-order valence-corrected chi connectivity index (χ0v) is 14.2. The molecule has 0 aliphatic carbocycles. The van der Waals surface area contributed by atoms with Crippen LogP contribution in [-0.2, 0) is 19.2 Å². The van der Waals surface area contributed by atoms with E-state index in [4.69, 9.17) is 21.7 Å². The number of nitrogens with one attached hydrogen (secondary N) is 2. The molecule has 24 heavy (non-hydrogen) atoms. The fourth-order valence-electron chi connectivity index (χ4n) is 1.68. The standard InChI is InChI=1S/C13H24N4O6S/c1-24-5-4-9(13(22)23)17-12(21)8(2-3-10(15)19)16-11(20)7(14)6-18/h7-9,18H,2-6,14H2,1H3,(H2,15,19)(H,16,20)(H,17,21)(H,22,23)/t7-,8-,9-/m0/s1. The third-order valence-corrected chi connectivity index (χ3v) is 3.72. The van der Waals surface area contributed by atoms with Crippen LogP contribution in [0.1, 0.15) is 19.3 Å². The molecule has 0 rings (SSSR count). The van der Waals surface area contributed by atoms with Gasteiger partial charge in [-0.05, 0) is 24.9 Å². The quantitative estimate of drug-likeness (QED) is 0.217. The average molecular weight is 364 g/mol. The van der Waals surface area contributed by atoms with Crippen molar-refractivity contribution in [3.63, 3.8) is 0 Å². The lowest BCUT2D eigenvalue weighted by Crippen LogP contribution is -2.55. The summed E-state index contributed by atoms with van der Waals surface area (Å²) < 4.78 is 0. The highest BCUT2D eigenvalue weighted by atomic mass is 32.2. The molecule has 0 heterocycles. The molecule has 8 N–H and O–H groups in total. The molecule has 11 heteroatoms. The van der Waals surface area contributed by atoms with Gasteiger partial charge in [-0.1, -0.05) is 0 Å². The maximum Gasteiger partial charge on any atom is 0.326 e. The van der Waals surface area contributed by atoms with Crippen LogP contribution in [0.25, 0.3) is 0 Å². The van der Waals surface area contributed by atoms with E-state index in [1.165, 1.54) is 11.8 Å². The number of nitrogens with two attached hydrogens (primary N) is 2. The fraction of sp³-hybridized carbons (Fsp3) is 0.692. The van der Waals surface area contributed by atoms with Crippen molar-refractivity contribution >= 4 is 35.5 Å². The molecule has 0 aromatic rings. The first-order valence-electron chi connectivity index (χ1n) is 7.20. The Morgan fingerprint density at radius 2 is 1.67 bits per heavy atom. The van der Waals surface area contributed by atoms with E-state index in [1.54, 1.807) is 6.26 Å². The molecule has 10 nitrogen and oxygen atoms in total. The highest BCUT2D eigenvalue weighted by Crippen LogP contribution is 2.04. The molecule has 0 radical (unpaired) electrons. The number of carbonyl (C=O) groups excluding carboxylic acids is 3. The molecule has 3 amide bonds. The summed E-state index contributed by atoms with van der Waals surface area (Å²) in [7, 11) is 0. The summed E-state index contributed by atoms with van der Waals surface area (Å²) in [6.07, 6.45) is 1.71. The van der Waals surface area contributed by atoms with Crippen LogP contribution in [0.5, 0.6) is 0 Å². The van der Waals surface area contributed by atoms with Crippen molar-refractivity contribution in [3.05, 3.63) is 0 Å². The third-order valence-electron chi connectivity index (χ3n) is 3.07. The number of aliphatic hydroxyl groups is 1. The van der Waals surface area contributed by atoms with Crippen LogP contribution >= 0.6 is 11.8 Å². The van der Waals surface area contributed by atoms with Gasteiger partial charge >= 0.3 is 5.97 Å². The molecule has 0 aliphatic rings. The highest BCUT2D eigenvalue weighted by Gasteiger charge is 2.27. The number of carboxylic acids is 1. The van der Waals surface area contributed by atoms with Gasteiger partial charge in [0.15, 0.2) is 0 Å². The van der Waals surface area contributed by atoms with Crippen LogP contribution in [0.4, 0.5) is 0 Å². The van der Waals surface area contributed by atoms with Gasteiger partial charge in [-0.3, -0.25) is 14.4 Å². The Morgan fingerprint density at radius 1 is 1.08 bits per heavy atom. The maximum atomic E-state index is 12.2. The number of aliphatic carboxylic acids is 1. The summed E-state index contributed by atoms with van der Waals surface area (Å²) in [6.45, 7) is -0.624. The van der Waals surface area contributed by atoms with E-state index in [0.29, 0.717) is 5.75 Å². The van der Waals surface area contributed by atoms with Gasteiger partial charge in [0.05, 0.1) is 6.61 Å². The summed E-state index contributed by atoms with van der Waals surface area (Å²) >= 11 is 1.42. The summed E-state index contributed by atoms with van der Waals surface area (Å²) in [5.41, 5.74) is 10.4. The van der Waals surface area contributed by atoms with Crippen molar-refractivity contribution in [1.82, 2.24) is 10.6 Å². The van der Waals surface area contributed by atoms with Crippen LogP contribution in [0, 0.1) is 0 Å². The second-order valence-corrected chi connectivity index (χ2v) is 6.02. The van der Waals surface area contributed by atoms with Crippen LogP contribution in [0.2, 0.25) is 0 Å². The topological polar surface area (TPSA) is 185 Å². The minimum Gasteiger partial charge on any atom is -0.480 e. The molecular weight excluding hydrogens is 340 g/mol. The molecular formula is C13H24N4O6S. The van der Waals surface area contributed by atoms with Gasteiger partial charge in [-0.25, -0.2) is 4.79 Å². The van der Waals surface area contributed by atoms with E-state index in [1.807, 2.05) is 0 Å². The molecule has 3 atom stereocenters. The molecule has 0 fully saturated rings. The Morgan fingerprint density at radius 3 is 2.12 bits per heavy atom. The lowest BCUT2D eigenvalue weighted by Gasteiger charge is -2.22. The van der Waals surface area contributed by atoms with Crippen LogP contribution in [0.3, 0.4) is 0 Å². The smallest absolute Gasteiger partial charge is 0.326 e. The van der Waals surface area contributed by atoms with Gasteiger partial charge in [0.2, 0.25) is 17.7 Å². The van der Waals surface area contributed by atoms with Gasteiger partial charge in [-0.15, -0.1) is 0 Å². The number of hydrogen-bond acceptors (Lipinski definition) is 7. The lowest BCUT2D eigenvalue weighted by molar-refractivity contribution is -0.142. The second-order valence-electron chi connectivity index (χ2n) is 5.04. The fourth-order valence-corrected chi connectivity index (χ4v) is 2.15. The molecule has 0 aromatic heterocycles. The van der Waals surface area contributed by atoms with E-state index in [2.05, 4.69) is 10.6 Å². The number of hydrogen-bond donors (Lipinski definition) is 6.